The topological polar surface area (TPSA) is 63.2 Å². The standard InChI is InChI=1S/CHF3.H2O3S/c2-1(3)4;1-4(2)3/h1H;(H2,1,2,3)/p-2. The Morgan fingerprint density at radius 3 is 1.25 bits per heavy atom. The summed E-state index contributed by atoms with van der Waals surface area (Å²) < 4.78 is 54.3. The highest BCUT2D eigenvalue weighted by Crippen LogP contribution is 1.87. The van der Waals surface area contributed by atoms with E-state index in [2.05, 4.69) is 0 Å². The van der Waals surface area contributed by atoms with Crippen LogP contribution in [-0.4, -0.2) is 20.0 Å². The smallest absolute Gasteiger partial charge is 0.379 e. The van der Waals surface area contributed by atoms with Crippen LogP contribution in [-0.2, 0) is 11.4 Å². The van der Waals surface area contributed by atoms with Crippen LogP contribution in [0.25, 0.3) is 0 Å². The van der Waals surface area contributed by atoms with Crippen LogP contribution in [0.15, 0.2) is 0 Å². The second kappa shape index (κ2) is 6.86. The fraction of sp³-hybridized carbons (Fsp3) is 1.00. The van der Waals surface area contributed by atoms with E-state index in [0.29, 0.717) is 0 Å². The quantitative estimate of drug-likeness (QED) is 0.462. The molecule has 0 bridgehead atoms. The number of hydrogen-bond donors (Lipinski definition) is 0. The molecular weight excluding hydrogens is 149 g/mol. The molecule has 0 atom stereocenters. The SMILES string of the molecule is FC(F)F.O=S([O-])[O-]. The maximum atomic E-state index is 9.67. The lowest BCUT2D eigenvalue weighted by Crippen LogP contribution is -1.76. The molecule has 0 aromatic heterocycles. The van der Waals surface area contributed by atoms with E-state index in [1.807, 2.05) is 0 Å². The molecule has 0 aromatic carbocycles. The molecule has 7 heteroatoms. The lowest BCUT2D eigenvalue weighted by molar-refractivity contribution is 0.00819. The second-order valence-corrected chi connectivity index (χ2v) is 0.860. The first-order valence-corrected chi connectivity index (χ1v) is 2.15. The van der Waals surface area contributed by atoms with E-state index in [1.54, 1.807) is 0 Å². The minimum Gasteiger partial charge on any atom is -0.784 e. The van der Waals surface area contributed by atoms with E-state index >= 15 is 0 Å². The van der Waals surface area contributed by atoms with Gasteiger partial charge in [-0.1, -0.05) is 0 Å². The van der Waals surface area contributed by atoms with Crippen LogP contribution < -0.4 is 0 Å². The van der Waals surface area contributed by atoms with E-state index < -0.39 is 18.0 Å². The fourth-order valence-corrected chi connectivity index (χ4v) is 0. The molecule has 3 nitrogen and oxygen atoms in total. The predicted molar refractivity (Wildman–Crippen MR) is 16.8 cm³/mol. The molecule has 52 valence electrons. The average molecular weight is 150 g/mol. The van der Waals surface area contributed by atoms with Gasteiger partial charge in [0, 0.05) is 0 Å². The van der Waals surface area contributed by atoms with E-state index in [1.165, 1.54) is 0 Å². The Kier molecular flexibility index (Phi) is 9.24. The molecule has 0 radical (unpaired) electrons. The number of rotatable bonds is 0. The highest BCUT2D eigenvalue weighted by Gasteiger charge is 1.86. The fourth-order valence-electron chi connectivity index (χ4n) is 0. The highest BCUT2D eigenvalue weighted by atomic mass is 32.2. The molecule has 0 saturated carbocycles. The Morgan fingerprint density at radius 2 is 1.25 bits per heavy atom. The summed E-state index contributed by atoms with van der Waals surface area (Å²) in [5, 5.41) is 0. The van der Waals surface area contributed by atoms with Crippen LogP contribution in [0, 0.1) is 0 Å². The van der Waals surface area contributed by atoms with Crippen molar-refractivity contribution in [3.05, 3.63) is 0 Å². The number of halogens is 3. The molecule has 0 saturated heterocycles. The molecule has 0 N–H and O–H groups in total. The van der Waals surface area contributed by atoms with Gasteiger partial charge in [0.05, 0.1) is 0 Å². The number of hydrogen-bond acceptors (Lipinski definition) is 3. The van der Waals surface area contributed by atoms with Crippen LogP contribution in [0.5, 0.6) is 0 Å². The van der Waals surface area contributed by atoms with Gasteiger partial charge in [-0.25, -0.2) is 0 Å². The molecular formula is CHF3O3S-2. The van der Waals surface area contributed by atoms with Crippen LogP contribution in [0.2, 0.25) is 0 Å². The zero-order chi connectivity index (χ0) is 7.15. The first-order valence-electron chi connectivity index (χ1n) is 1.15. The molecule has 0 unspecified atom stereocenters. The summed E-state index contributed by atoms with van der Waals surface area (Å²) in [5.41, 5.74) is 0. The van der Waals surface area contributed by atoms with Gasteiger partial charge >= 0.3 is 6.68 Å². The average Bonchev–Trinajstić information content (AvgIpc) is 1.25. The molecule has 0 heterocycles. The van der Waals surface area contributed by atoms with Crippen molar-refractivity contribution < 1.29 is 26.5 Å². The van der Waals surface area contributed by atoms with Gasteiger partial charge < -0.3 is 9.11 Å². The van der Waals surface area contributed by atoms with Gasteiger partial charge in [0.2, 0.25) is 0 Å². The highest BCUT2D eigenvalue weighted by molar-refractivity contribution is 7.72. The lowest BCUT2D eigenvalue weighted by Gasteiger charge is -2.03. The lowest BCUT2D eigenvalue weighted by atomic mass is 11.6. The van der Waals surface area contributed by atoms with Crippen molar-refractivity contribution in [3.8, 4) is 0 Å². The normalized spacial score (nSPS) is 8.88. The van der Waals surface area contributed by atoms with Crippen LogP contribution in [0.4, 0.5) is 13.2 Å². The van der Waals surface area contributed by atoms with Crippen molar-refractivity contribution in [1.29, 1.82) is 0 Å². The van der Waals surface area contributed by atoms with Crippen LogP contribution in [0.3, 0.4) is 0 Å². The van der Waals surface area contributed by atoms with Crippen molar-refractivity contribution in [3.63, 3.8) is 0 Å². The van der Waals surface area contributed by atoms with Crippen LogP contribution in [0.1, 0.15) is 0 Å². The van der Waals surface area contributed by atoms with Gasteiger partial charge in [0.15, 0.2) is 0 Å². The zero-order valence-electron chi connectivity index (χ0n) is 3.34. The predicted octanol–water partition coefficient (Wildman–Crippen LogP) is 0.174. The van der Waals surface area contributed by atoms with Crippen LogP contribution >= 0.6 is 0 Å². The molecule has 0 rings (SSSR count). The zero-order valence-corrected chi connectivity index (χ0v) is 4.16. The van der Waals surface area contributed by atoms with Crippen molar-refractivity contribution in [2.24, 2.45) is 0 Å². The third-order valence-electron chi connectivity index (χ3n) is 0. The first kappa shape index (κ1) is 10.8. The molecule has 8 heavy (non-hydrogen) atoms. The largest absolute Gasteiger partial charge is 0.784 e. The summed E-state index contributed by atoms with van der Waals surface area (Å²) in [6.07, 6.45) is 0. The van der Waals surface area contributed by atoms with Crippen molar-refractivity contribution in [2.75, 3.05) is 0 Å². The molecule has 0 aliphatic carbocycles. The minimum atomic E-state index is -3.67. The van der Waals surface area contributed by atoms with Gasteiger partial charge in [-0.05, 0) is 0 Å². The van der Waals surface area contributed by atoms with E-state index in [-0.39, 0.29) is 0 Å². The minimum absolute atomic E-state index is 3.11. The Hall–Kier alpha value is -0.140. The summed E-state index contributed by atoms with van der Waals surface area (Å²) >= 11 is -3.11. The third kappa shape index (κ3) is 7060. The second-order valence-electron chi connectivity index (χ2n) is 0.452. The number of alkyl halides is 3. The summed E-state index contributed by atoms with van der Waals surface area (Å²) in [4.78, 5) is 0. The summed E-state index contributed by atoms with van der Waals surface area (Å²) in [7, 11) is 0. The monoisotopic (exact) mass is 150 g/mol. The van der Waals surface area contributed by atoms with Crippen molar-refractivity contribution in [2.45, 2.75) is 6.68 Å². The van der Waals surface area contributed by atoms with Gasteiger partial charge in [-0.3, -0.25) is 4.21 Å². The maximum Gasteiger partial charge on any atom is 0.379 e. The van der Waals surface area contributed by atoms with Gasteiger partial charge in [0.1, 0.15) is 0 Å². The molecule has 0 aliphatic rings. The van der Waals surface area contributed by atoms with Crippen molar-refractivity contribution >= 4 is 11.4 Å². The molecule has 0 amide bonds. The summed E-state index contributed by atoms with van der Waals surface area (Å²) in [5.74, 6) is 0. The third-order valence-corrected chi connectivity index (χ3v) is 0. The first-order chi connectivity index (χ1) is 3.46. The molecule has 0 spiro atoms. The Labute approximate surface area is 45.6 Å². The van der Waals surface area contributed by atoms with E-state index in [9.17, 15) is 13.2 Å². The summed E-state index contributed by atoms with van der Waals surface area (Å²) in [6.45, 7) is -3.67. The molecule has 0 aromatic rings. The van der Waals surface area contributed by atoms with Gasteiger partial charge in [0.25, 0.3) is 0 Å². The van der Waals surface area contributed by atoms with Gasteiger partial charge in [-0.2, -0.15) is 13.2 Å². The Bertz CT molecular complexity index is 58.8. The van der Waals surface area contributed by atoms with E-state index in [0.717, 1.165) is 0 Å². The van der Waals surface area contributed by atoms with Crippen molar-refractivity contribution in [1.82, 2.24) is 0 Å². The molecule has 0 aliphatic heterocycles. The maximum absolute atomic E-state index is 9.67. The Morgan fingerprint density at radius 1 is 1.25 bits per heavy atom. The summed E-state index contributed by atoms with van der Waals surface area (Å²) in [6, 6.07) is 0. The Balaban J connectivity index is 0. The molecule has 0 fully saturated rings. The van der Waals surface area contributed by atoms with Gasteiger partial charge in [-0.15, -0.1) is 11.4 Å². The van der Waals surface area contributed by atoms with E-state index in [4.69, 9.17) is 13.3 Å².